The van der Waals surface area contributed by atoms with Crippen LogP contribution in [0.5, 0.6) is 0 Å². The first-order valence-electron chi connectivity index (χ1n) is 4.61. The zero-order valence-electron chi connectivity index (χ0n) is 8.50. The van der Waals surface area contributed by atoms with Crippen LogP contribution in [0, 0.1) is 6.92 Å². The van der Waals surface area contributed by atoms with Crippen LogP contribution in [0.25, 0.3) is 0 Å². The Labute approximate surface area is 111 Å². The van der Waals surface area contributed by atoms with Crippen molar-refractivity contribution in [2.75, 3.05) is 5.32 Å². The van der Waals surface area contributed by atoms with Crippen LogP contribution >= 0.6 is 38.9 Å². The third-order valence-electron chi connectivity index (χ3n) is 1.93. The molecule has 0 aliphatic carbocycles. The van der Waals surface area contributed by atoms with Crippen molar-refractivity contribution in [1.29, 1.82) is 0 Å². The molecule has 0 unspecified atom stereocenters. The van der Waals surface area contributed by atoms with E-state index < -0.39 is 0 Å². The number of halogens is 2. The molecule has 3 nitrogen and oxygen atoms in total. The maximum atomic E-state index is 5.96. The average Bonchev–Trinajstić information content (AvgIpc) is 2.66. The van der Waals surface area contributed by atoms with Crippen molar-refractivity contribution < 1.29 is 0 Å². The largest absolute Gasteiger partial charge is 0.378 e. The molecule has 0 fully saturated rings. The van der Waals surface area contributed by atoms with E-state index in [1.807, 2.05) is 19.2 Å². The van der Waals surface area contributed by atoms with Crippen LogP contribution in [-0.2, 0) is 6.54 Å². The summed E-state index contributed by atoms with van der Waals surface area (Å²) in [4.78, 5) is 9.40. The second kappa shape index (κ2) is 5.12. The summed E-state index contributed by atoms with van der Waals surface area (Å²) < 4.78 is 0.903. The topological polar surface area (TPSA) is 37.8 Å². The summed E-state index contributed by atoms with van der Waals surface area (Å²) in [5.41, 5.74) is 0.821. The lowest BCUT2D eigenvalue weighted by Gasteiger charge is -2.06. The highest BCUT2D eigenvalue weighted by atomic mass is 79.9. The predicted octanol–water partition coefficient (Wildman–Crippen LogP) is 3.87. The highest BCUT2D eigenvalue weighted by Crippen LogP contribution is 2.24. The molecule has 6 heteroatoms. The van der Waals surface area contributed by atoms with Crippen molar-refractivity contribution in [3.8, 4) is 0 Å². The van der Waals surface area contributed by atoms with Gasteiger partial charge in [-0.1, -0.05) is 11.6 Å². The van der Waals surface area contributed by atoms with E-state index in [2.05, 4.69) is 31.2 Å². The Bertz CT molecular complexity index is 501. The van der Waals surface area contributed by atoms with Gasteiger partial charge < -0.3 is 5.32 Å². The molecule has 0 spiro atoms. The zero-order chi connectivity index (χ0) is 11.5. The first kappa shape index (κ1) is 11.8. The number of thiazole rings is 1. The van der Waals surface area contributed by atoms with E-state index in [-0.39, 0.29) is 0 Å². The van der Waals surface area contributed by atoms with Gasteiger partial charge in [0.1, 0.15) is 0 Å². The Morgan fingerprint density at radius 3 is 2.94 bits per heavy atom. The number of nitrogens with zero attached hydrogens (tertiary/aromatic N) is 2. The molecule has 0 saturated carbocycles. The molecular weight excluding hydrogens is 310 g/mol. The van der Waals surface area contributed by atoms with Crippen molar-refractivity contribution in [2.45, 2.75) is 13.5 Å². The van der Waals surface area contributed by atoms with Crippen molar-refractivity contribution in [1.82, 2.24) is 9.97 Å². The fourth-order valence-electron chi connectivity index (χ4n) is 1.22. The molecule has 0 saturated heterocycles. The lowest BCUT2D eigenvalue weighted by atomic mass is 10.4. The molecule has 0 bridgehead atoms. The van der Waals surface area contributed by atoms with Crippen LogP contribution in [0.4, 0.5) is 5.69 Å². The van der Waals surface area contributed by atoms with Crippen LogP contribution in [0.2, 0.25) is 5.15 Å². The number of hydrogen-bond donors (Lipinski definition) is 1. The molecule has 0 aliphatic rings. The quantitative estimate of drug-likeness (QED) is 0.873. The van der Waals surface area contributed by atoms with E-state index in [9.17, 15) is 0 Å². The molecule has 0 amide bonds. The third kappa shape index (κ3) is 2.93. The van der Waals surface area contributed by atoms with Crippen molar-refractivity contribution in [2.24, 2.45) is 0 Å². The minimum absolute atomic E-state index is 0.476. The molecule has 0 aromatic carbocycles. The molecule has 0 atom stereocenters. The summed E-state index contributed by atoms with van der Waals surface area (Å²) in [6.45, 7) is 2.70. The minimum Gasteiger partial charge on any atom is -0.378 e. The van der Waals surface area contributed by atoms with Crippen LogP contribution < -0.4 is 5.32 Å². The summed E-state index contributed by atoms with van der Waals surface area (Å²) >= 11 is 11.0. The summed E-state index contributed by atoms with van der Waals surface area (Å²) in [6.07, 6.45) is 3.54. The van der Waals surface area contributed by atoms with Gasteiger partial charge in [-0.15, -0.1) is 11.3 Å². The van der Waals surface area contributed by atoms with Gasteiger partial charge in [0.25, 0.3) is 0 Å². The molecule has 2 aromatic rings. The Balaban J connectivity index is 2.07. The van der Waals surface area contributed by atoms with E-state index in [0.717, 1.165) is 15.2 Å². The molecule has 1 N–H and O–H groups in total. The van der Waals surface area contributed by atoms with Gasteiger partial charge in [0.2, 0.25) is 0 Å². The van der Waals surface area contributed by atoms with Crippen LogP contribution in [0.1, 0.15) is 9.88 Å². The Morgan fingerprint density at radius 2 is 2.25 bits per heavy atom. The van der Waals surface area contributed by atoms with Gasteiger partial charge in [-0.25, -0.2) is 9.97 Å². The van der Waals surface area contributed by atoms with E-state index in [4.69, 9.17) is 11.6 Å². The maximum absolute atomic E-state index is 5.96. The number of hydrogen-bond acceptors (Lipinski definition) is 4. The highest BCUT2D eigenvalue weighted by Gasteiger charge is 2.03. The highest BCUT2D eigenvalue weighted by molar-refractivity contribution is 9.10. The third-order valence-corrected chi connectivity index (χ3v) is 3.58. The first-order chi connectivity index (χ1) is 7.65. The molecular formula is C10H9BrClN3S. The van der Waals surface area contributed by atoms with Crippen LogP contribution in [0.3, 0.4) is 0 Å². The van der Waals surface area contributed by atoms with Crippen molar-refractivity contribution in [3.63, 3.8) is 0 Å². The van der Waals surface area contributed by atoms with E-state index >= 15 is 0 Å². The Hall–Kier alpha value is -0.650. The Morgan fingerprint density at radius 1 is 1.44 bits per heavy atom. The smallest absolute Gasteiger partial charge is 0.152 e. The minimum atomic E-state index is 0.476. The number of aryl methyl sites for hydroxylation is 1. The van der Waals surface area contributed by atoms with Gasteiger partial charge in [-0.05, 0) is 28.9 Å². The second-order valence-electron chi connectivity index (χ2n) is 3.19. The second-order valence-corrected chi connectivity index (χ2v) is 5.78. The molecule has 16 heavy (non-hydrogen) atoms. The molecule has 0 radical (unpaired) electrons. The van der Waals surface area contributed by atoms with Gasteiger partial charge in [0.05, 0.1) is 17.2 Å². The van der Waals surface area contributed by atoms with Crippen molar-refractivity contribution >= 4 is 44.6 Å². The van der Waals surface area contributed by atoms with Crippen LogP contribution in [0.15, 0.2) is 22.9 Å². The van der Waals surface area contributed by atoms with Gasteiger partial charge in [-0.2, -0.15) is 0 Å². The Kier molecular flexibility index (Phi) is 3.78. The van der Waals surface area contributed by atoms with E-state index in [1.165, 1.54) is 4.88 Å². The zero-order valence-corrected chi connectivity index (χ0v) is 11.7. The fraction of sp³-hybridized carbons (Fsp3) is 0.200. The SMILES string of the molecule is Cc1ncc(CNc2cc(Br)cnc2Cl)s1. The number of nitrogens with one attached hydrogen (secondary N) is 1. The van der Waals surface area contributed by atoms with Gasteiger partial charge in [0.15, 0.2) is 5.15 Å². The molecule has 2 heterocycles. The molecule has 2 rings (SSSR count). The number of pyridine rings is 1. The maximum Gasteiger partial charge on any atom is 0.152 e. The summed E-state index contributed by atoms with van der Waals surface area (Å²) in [6, 6.07) is 1.91. The van der Waals surface area contributed by atoms with Crippen molar-refractivity contribution in [3.05, 3.63) is 38.0 Å². The molecule has 84 valence electrons. The van der Waals surface area contributed by atoms with Gasteiger partial charge in [0, 0.05) is 21.7 Å². The van der Waals surface area contributed by atoms with E-state index in [0.29, 0.717) is 11.7 Å². The summed E-state index contributed by atoms with van der Waals surface area (Å²) in [7, 11) is 0. The number of aromatic nitrogens is 2. The lowest BCUT2D eigenvalue weighted by Crippen LogP contribution is -1.98. The van der Waals surface area contributed by atoms with E-state index in [1.54, 1.807) is 17.5 Å². The summed E-state index contributed by atoms with van der Waals surface area (Å²) in [5.74, 6) is 0. The molecule has 0 aliphatic heterocycles. The normalized spacial score (nSPS) is 10.4. The fourth-order valence-corrected chi connectivity index (χ4v) is 2.45. The van der Waals surface area contributed by atoms with Gasteiger partial charge >= 0.3 is 0 Å². The van der Waals surface area contributed by atoms with Gasteiger partial charge in [-0.3, -0.25) is 0 Å². The lowest BCUT2D eigenvalue weighted by molar-refractivity contribution is 1.15. The van der Waals surface area contributed by atoms with Crippen LogP contribution in [-0.4, -0.2) is 9.97 Å². The first-order valence-corrected chi connectivity index (χ1v) is 6.60. The predicted molar refractivity (Wildman–Crippen MR) is 71.1 cm³/mol. The monoisotopic (exact) mass is 317 g/mol. The number of rotatable bonds is 3. The molecule has 2 aromatic heterocycles. The number of anilines is 1. The average molecular weight is 319 g/mol. The standard InChI is InChI=1S/C10H9BrClN3S/c1-6-13-4-8(16-6)5-14-9-2-7(11)3-15-10(9)12/h2-4,14H,5H2,1H3. The summed E-state index contributed by atoms with van der Waals surface area (Å²) in [5, 5.41) is 4.77.